The molecule has 0 bridgehead atoms. The molecular weight excluding hydrogens is 360 g/mol. The number of primary amides is 2. The van der Waals surface area contributed by atoms with E-state index in [1.807, 2.05) is 0 Å². The second kappa shape index (κ2) is 8.59. The zero-order valence-corrected chi connectivity index (χ0v) is 14.3. The first kappa shape index (κ1) is 17.4. The SMILES string of the molecule is NC(=O)Nc1nnc(CCSCCc2nnc(NC(N)=O)s2)s1. The Hall–Kier alpha value is -1.99. The quantitative estimate of drug-likeness (QED) is 0.499. The number of nitrogens with zero attached hydrogens (tertiary/aromatic N) is 4. The van der Waals surface area contributed by atoms with Crippen molar-refractivity contribution >= 4 is 56.8 Å². The fourth-order valence-corrected chi connectivity index (χ4v) is 4.06. The van der Waals surface area contributed by atoms with Crippen molar-refractivity contribution in [3.05, 3.63) is 10.0 Å². The zero-order valence-electron chi connectivity index (χ0n) is 11.8. The third-order valence-corrected chi connectivity index (χ3v) is 5.10. The molecule has 2 heterocycles. The molecule has 23 heavy (non-hydrogen) atoms. The number of nitrogens with two attached hydrogens (primary N) is 2. The Labute approximate surface area is 143 Å². The van der Waals surface area contributed by atoms with Crippen LogP contribution in [0.25, 0.3) is 0 Å². The monoisotopic (exact) mass is 374 g/mol. The Kier molecular flexibility index (Phi) is 6.49. The minimum absolute atomic E-state index is 0.404. The Morgan fingerprint density at radius 1 is 0.870 bits per heavy atom. The van der Waals surface area contributed by atoms with Crippen molar-refractivity contribution in [3.63, 3.8) is 0 Å². The van der Waals surface area contributed by atoms with Crippen molar-refractivity contribution in [2.45, 2.75) is 12.8 Å². The molecule has 0 radical (unpaired) electrons. The molecular formula is C10H14N8O2S3. The van der Waals surface area contributed by atoms with Crippen molar-refractivity contribution in [3.8, 4) is 0 Å². The Morgan fingerprint density at radius 2 is 1.30 bits per heavy atom. The minimum Gasteiger partial charge on any atom is -0.351 e. The highest BCUT2D eigenvalue weighted by Gasteiger charge is 2.07. The fraction of sp³-hybridized carbons (Fsp3) is 0.400. The van der Waals surface area contributed by atoms with Crippen molar-refractivity contribution < 1.29 is 9.59 Å². The second-order valence-electron chi connectivity index (χ2n) is 4.09. The van der Waals surface area contributed by atoms with Gasteiger partial charge in [0.25, 0.3) is 0 Å². The summed E-state index contributed by atoms with van der Waals surface area (Å²) in [5.41, 5.74) is 10.0. The first-order valence-electron chi connectivity index (χ1n) is 6.38. The highest BCUT2D eigenvalue weighted by molar-refractivity contribution is 7.99. The predicted molar refractivity (Wildman–Crippen MR) is 91.0 cm³/mol. The summed E-state index contributed by atoms with van der Waals surface area (Å²) >= 11 is 4.35. The average molecular weight is 374 g/mol. The fourth-order valence-electron chi connectivity index (χ4n) is 1.44. The number of urea groups is 2. The lowest BCUT2D eigenvalue weighted by Crippen LogP contribution is -2.19. The van der Waals surface area contributed by atoms with Crippen LogP contribution in [-0.4, -0.2) is 44.0 Å². The largest absolute Gasteiger partial charge is 0.351 e. The zero-order chi connectivity index (χ0) is 16.7. The maximum absolute atomic E-state index is 10.7. The van der Waals surface area contributed by atoms with Gasteiger partial charge in [0.2, 0.25) is 10.3 Å². The van der Waals surface area contributed by atoms with Gasteiger partial charge in [-0.1, -0.05) is 22.7 Å². The van der Waals surface area contributed by atoms with Gasteiger partial charge in [-0.3, -0.25) is 10.6 Å². The van der Waals surface area contributed by atoms with E-state index >= 15 is 0 Å². The molecule has 2 aromatic rings. The van der Waals surface area contributed by atoms with Gasteiger partial charge in [0.05, 0.1) is 0 Å². The van der Waals surface area contributed by atoms with E-state index in [0.29, 0.717) is 10.3 Å². The van der Waals surface area contributed by atoms with Crippen LogP contribution in [0.1, 0.15) is 10.0 Å². The lowest BCUT2D eigenvalue weighted by atomic mass is 10.5. The summed E-state index contributed by atoms with van der Waals surface area (Å²) in [7, 11) is 0. The van der Waals surface area contributed by atoms with Crippen LogP contribution in [0.4, 0.5) is 19.9 Å². The van der Waals surface area contributed by atoms with Crippen molar-refractivity contribution in [2.24, 2.45) is 11.5 Å². The normalized spacial score (nSPS) is 10.4. The third-order valence-electron chi connectivity index (χ3n) is 2.31. The summed E-state index contributed by atoms with van der Waals surface area (Å²) in [5.74, 6) is 1.74. The van der Waals surface area contributed by atoms with Gasteiger partial charge in [-0.2, -0.15) is 11.8 Å². The molecule has 0 aliphatic heterocycles. The summed E-state index contributed by atoms with van der Waals surface area (Å²) in [6.45, 7) is 0. The van der Waals surface area contributed by atoms with E-state index in [9.17, 15) is 9.59 Å². The number of hydrogen-bond donors (Lipinski definition) is 4. The second-order valence-corrected chi connectivity index (χ2v) is 7.44. The number of carbonyl (C=O) groups excluding carboxylic acids is 2. The molecule has 0 aromatic carbocycles. The van der Waals surface area contributed by atoms with Gasteiger partial charge in [0.15, 0.2) is 0 Å². The van der Waals surface area contributed by atoms with Crippen LogP contribution in [0.15, 0.2) is 0 Å². The minimum atomic E-state index is -0.649. The summed E-state index contributed by atoms with van der Waals surface area (Å²) in [4.78, 5) is 21.4. The number of aryl methyl sites for hydroxylation is 2. The van der Waals surface area contributed by atoms with E-state index in [-0.39, 0.29) is 0 Å². The average Bonchev–Trinajstić information content (AvgIpc) is 3.07. The Morgan fingerprint density at radius 3 is 1.70 bits per heavy atom. The molecule has 0 unspecified atom stereocenters. The number of thioether (sulfide) groups is 1. The van der Waals surface area contributed by atoms with Crippen LogP contribution in [-0.2, 0) is 12.8 Å². The highest BCUT2D eigenvalue weighted by atomic mass is 32.2. The van der Waals surface area contributed by atoms with Crippen molar-refractivity contribution in [1.82, 2.24) is 20.4 Å². The van der Waals surface area contributed by atoms with Gasteiger partial charge in [0.1, 0.15) is 10.0 Å². The number of aromatic nitrogens is 4. The van der Waals surface area contributed by atoms with E-state index in [2.05, 4.69) is 31.0 Å². The van der Waals surface area contributed by atoms with E-state index in [1.165, 1.54) is 22.7 Å². The molecule has 10 nitrogen and oxygen atoms in total. The summed E-state index contributed by atoms with van der Waals surface area (Å²) < 4.78 is 0. The maximum Gasteiger partial charge on any atom is 0.318 e. The molecule has 13 heteroatoms. The number of rotatable bonds is 8. The Bertz CT molecular complexity index is 616. The van der Waals surface area contributed by atoms with Gasteiger partial charge in [-0.05, 0) is 11.5 Å². The van der Waals surface area contributed by atoms with Crippen LogP contribution >= 0.6 is 34.4 Å². The van der Waals surface area contributed by atoms with Crippen molar-refractivity contribution in [1.29, 1.82) is 0 Å². The van der Waals surface area contributed by atoms with E-state index in [4.69, 9.17) is 11.5 Å². The van der Waals surface area contributed by atoms with Gasteiger partial charge < -0.3 is 11.5 Å². The molecule has 4 amide bonds. The molecule has 2 rings (SSSR count). The molecule has 124 valence electrons. The molecule has 0 atom stereocenters. The smallest absolute Gasteiger partial charge is 0.318 e. The summed E-state index contributed by atoms with van der Waals surface area (Å²) in [6, 6.07) is -1.30. The highest BCUT2D eigenvalue weighted by Crippen LogP contribution is 2.19. The molecule has 0 saturated carbocycles. The van der Waals surface area contributed by atoms with Crippen molar-refractivity contribution in [2.75, 3.05) is 22.1 Å². The van der Waals surface area contributed by atoms with Crippen LogP contribution in [0.5, 0.6) is 0 Å². The number of amides is 4. The summed E-state index contributed by atoms with van der Waals surface area (Å²) in [6.07, 6.45) is 1.51. The first-order chi connectivity index (χ1) is 11.0. The molecule has 0 fully saturated rings. The first-order valence-corrected chi connectivity index (χ1v) is 9.17. The predicted octanol–water partition coefficient (Wildman–Crippen LogP) is 0.889. The van der Waals surface area contributed by atoms with Gasteiger partial charge in [-0.25, -0.2) is 9.59 Å². The molecule has 0 saturated heterocycles. The lowest BCUT2D eigenvalue weighted by molar-refractivity contribution is 0.258. The molecule has 0 aliphatic rings. The number of anilines is 2. The van der Waals surface area contributed by atoms with Crippen LogP contribution < -0.4 is 22.1 Å². The van der Waals surface area contributed by atoms with Crippen LogP contribution in [0.3, 0.4) is 0 Å². The van der Waals surface area contributed by atoms with Gasteiger partial charge >= 0.3 is 12.1 Å². The third kappa shape index (κ3) is 6.33. The number of carbonyl (C=O) groups is 2. The number of hydrogen-bond acceptors (Lipinski definition) is 9. The maximum atomic E-state index is 10.7. The Balaban J connectivity index is 1.63. The van der Waals surface area contributed by atoms with E-state index < -0.39 is 12.1 Å². The molecule has 0 aliphatic carbocycles. The van der Waals surface area contributed by atoms with Gasteiger partial charge in [-0.15, -0.1) is 20.4 Å². The molecule has 0 spiro atoms. The van der Waals surface area contributed by atoms with Crippen LogP contribution in [0.2, 0.25) is 0 Å². The molecule has 2 aromatic heterocycles. The summed E-state index contributed by atoms with van der Waals surface area (Å²) in [5, 5.41) is 22.8. The number of nitrogens with one attached hydrogen (secondary N) is 2. The van der Waals surface area contributed by atoms with Crippen LogP contribution in [0, 0.1) is 0 Å². The lowest BCUT2D eigenvalue weighted by Gasteiger charge is -1.97. The molecule has 6 N–H and O–H groups in total. The topological polar surface area (TPSA) is 162 Å². The van der Waals surface area contributed by atoms with E-state index in [0.717, 1.165) is 34.4 Å². The van der Waals surface area contributed by atoms with Gasteiger partial charge in [0, 0.05) is 12.8 Å². The standard InChI is InChI=1S/C10H14N8O2S3/c11-7(19)13-9-17-15-5(22-9)1-3-21-4-2-6-16-18-10(23-6)14-8(12)20/h1-4H2,(H3,11,13,17,19)(H3,12,14,18,20). The van der Waals surface area contributed by atoms with E-state index in [1.54, 1.807) is 11.8 Å².